The molecule has 0 spiro atoms. The average Bonchev–Trinajstić information content (AvgIpc) is 2.77. The number of rotatable bonds is 11. The van der Waals surface area contributed by atoms with Gasteiger partial charge in [-0.05, 0) is 41.7 Å². The second kappa shape index (κ2) is 14.7. The topological polar surface area (TPSA) is 98.0 Å². The lowest BCUT2D eigenvalue weighted by Crippen LogP contribution is -2.37. The molecule has 170 valence electrons. The number of benzene rings is 2. The summed E-state index contributed by atoms with van der Waals surface area (Å²) in [6.45, 7) is 1.79. The molecular weight excluding hydrogens is 531 g/mol. The summed E-state index contributed by atoms with van der Waals surface area (Å²) in [5.41, 5.74) is 2.01. The van der Waals surface area contributed by atoms with Crippen LogP contribution in [-0.2, 0) is 13.1 Å². The molecule has 0 aromatic heterocycles. The molecule has 0 radical (unpaired) electrons. The molecule has 0 aliphatic rings. The van der Waals surface area contributed by atoms with Crippen molar-refractivity contribution in [2.75, 3.05) is 32.8 Å². The summed E-state index contributed by atoms with van der Waals surface area (Å²) in [5, 5.41) is 17.4. The fourth-order valence-corrected chi connectivity index (χ4v) is 3.10. The summed E-state index contributed by atoms with van der Waals surface area (Å²) in [5.74, 6) is 3.10. The molecule has 0 bridgehead atoms. The van der Waals surface area contributed by atoms with Crippen LogP contribution in [0.25, 0.3) is 0 Å². The average molecular weight is 560 g/mol. The first-order valence-corrected chi connectivity index (χ1v) is 10.9. The Bertz CT molecular complexity index is 850. The number of halogens is 1. The lowest BCUT2D eigenvalue weighted by Gasteiger charge is -2.13. The van der Waals surface area contributed by atoms with Crippen molar-refractivity contribution in [1.29, 1.82) is 0 Å². The standard InChI is InChI=1S/C21H28N4O4S.HI/c1-28-19-10-7-17(13-20(19)29-2)15-24-21(22-11-4-12-30-3)23-14-16-5-8-18(9-6-16)25(26)27;/h5-10,13H,4,11-12,14-15H2,1-3H3,(H2,22,23,24);1H. The van der Waals surface area contributed by atoms with E-state index in [1.165, 1.54) is 12.1 Å². The smallest absolute Gasteiger partial charge is 0.269 e. The third-order valence-corrected chi connectivity index (χ3v) is 4.99. The van der Waals surface area contributed by atoms with Gasteiger partial charge in [0.1, 0.15) is 0 Å². The van der Waals surface area contributed by atoms with Gasteiger partial charge < -0.3 is 20.1 Å². The predicted molar refractivity (Wildman–Crippen MR) is 137 cm³/mol. The van der Waals surface area contributed by atoms with Crippen molar-refractivity contribution >= 4 is 47.4 Å². The number of nitro benzene ring substituents is 1. The molecule has 0 amide bonds. The Hall–Kier alpha value is -2.21. The Morgan fingerprint density at radius 2 is 1.74 bits per heavy atom. The van der Waals surface area contributed by atoms with Crippen LogP contribution in [0.2, 0.25) is 0 Å². The van der Waals surface area contributed by atoms with Gasteiger partial charge in [0, 0.05) is 25.2 Å². The van der Waals surface area contributed by atoms with Gasteiger partial charge in [0.2, 0.25) is 0 Å². The number of methoxy groups -OCH3 is 2. The molecule has 0 aliphatic heterocycles. The highest BCUT2D eigenvalue weighted by Gasteiger charge is 2.06. The first-order chi connectivity index (χ1) is 14.6. The molecule has 0 saturated carbocycles. The van der Waals surface area contributed by atoms with Crippen molar-refractivity contribution < 1.29 is 14.4 Å². The maximum atomic E-state index is 10.8. The van der Waals surface area contributed by atoms with Gasteiger partial charge in [-0.25, -0.2) is 4.99 Å². The fraction of sp³-hybridized carbons (Fsp3) is 0.381. The number of hydrogen-bond donors (Lipinski definition) is 2. The van der Waals surface area contributed by atoms with E-state index in [1.54, 1.807) is 38.1 Å². The molecule has 0 saturated heterocycles. The number of guanidine groups is 1. The van der Waals surface area contributed by atoms with Gasteiger partial charge in [-0.1, -0.05) is 18.2 Å². The molecule has 10 heteroatoms. The van der Waals surface area contributed by atoms with E-state index in [9.17, 15) is 10.1 Å². The minimum absolute atomic E-state index is 0. The molecular formula is C21H29IN4O4S. The molecule has 0 atom stereocenters. The van der Waals surface area contributed by atoms with Crippen molar-refractivity contribution in [3.05, 3.63) is 63.7 Å². The highest BCUT2D eigenvalue weighted by molar-refractivity contribution is 14.0. The maximum Gasteiger partial charge on any atom is 0.269 e. The van der Waals surface area contributed by atoms with Gasteiger partial charge in [-0.3, -0.25) is 10.1 Å². The maximum absolute atomic E-state index is 10.8. The summed E-state index contributed by atoms with van der Waals surface area (Å²) in [7, 11) is 3.21. The first kappa shape index (κ1) is 26.8. The molecule has 0 fully saturated rings. The normalized spacial score (nSPS) is 10.7. The third kappa shape index (κ3) is 9.21. The highest BCUT2D eigenvalue weighted by atomic mass is 127. The van der Waals surface area contributed by atoms with Gasteiger partial charge in [0.15, 0.2) is 17.5 Å². The number of ether oxygens (including phenoxy) is 2. The van der Waals surface area contributed by atoms with Crippen molar-refractivity contribution in [3.63, 3.8) is 0 Å². The van der Waals surface area contributed by atoms with E-state index in [4.69, 9.17) is 9.47 Å². The van der Waals surface area contributed by atoms with Crippen LogP contribution in [0.1, 0.15) is 17.5 Å². The molecule has 8 nitrogen and oxygen atoms in total. The van der Waals surface area contributed by atoms with Crippen LogP contribution in [-0.4, -0.2) is 43.7 Å². The van der Waals surface area contributed by atoms with Crippen molar-refractivity contribution in [2.24, 2.45) is 4.99 Å². The lowest BCUT2D eigenvalue weighted by atomic mass is 10.2. The van der Waals surface area contributed by atoms with Crippen molar-refractivity contribution in [2.45, 2.75) is 19.5 Å². The Morgan fingerprint density at radius 1 is 1.06 bits per heavy atom. The SMILES string of the molecule is COc1ccc(CN=C(NCCCSC)NCc2ccc([N+](=O)[O-])cc2)cc1OC.I. The Kier molecular flexibility index (Phi) is 12.8. The Labute approximate surface area is 204 Å². The molecule has 2 aromatic carbocycles. The molecule has 2 aromatic rings. The molecule has 0 heterocycles. The number of nitrogens with one attached hydrogen (secondary N) is 2. The number of non-ortho nitro benzene ring substituents is 1. The lowest BCUT2D eigenvalue weighted by molar-refractivity contribution is -0.384. The summed E-state index contributed by atoms with van der Waals surface area (Å²) < 4.78 is 10.6. The summed E-state index contributed by atoms with van der Waals surface area (Å²) in [6.07, 6.45) is 3.11. The second-order valence-corrected chi connectivity index (χ2v) is 7.39. The first-order valence-electron chi connectivity index (χ1n) is 9.52. The van der Waals surface area contributed by atoms with Crippen LogP contribution in [0.15, 0.2) is 47.5 Å². The second-order valence-electron chi connectivity index (χ2n) is 6.40. The number of thioether (sulfide) groups is 1. The van der Waals surface area contributed by atoms with E-state index >= 15 is 0 Å². The van der Waals surface area contributed by atoms with Crippen LogP contribution in [0.5, 0.6) is 11.5 Å². The molecule has 0 unspecified atom stereocenters. The Balaban J connectivity index is 0.00000480. The third-order valence-electron chi connectivity index (χ3n) is 4.29. The van der Waals surface area contributed by atoms with E-state index in [2.05, 4.69) is 21.9 Å². The molecule has 2 N–H and O–H groups in total. The van der Waals surface area contributed by atoms with Gasteiger partial charge in [-0.2, -0.15) is 11.8 Å². The molecule has 0 aliphatic carbocycles. The zero-order chi connectivity index (χ0) is 21.8. The zero-order valence-corrected chi connectivity index (χ0v) is 21.1. The quantitative estimate of drug-likeness (QED) is 0.106. The van der Waals surface area contributed by atoms with Crippen LogP contribution in [0.3, 0.4) is 0 Å². The van der Waals surface area contributed by atoms with Crippen molar-refractivity contribution in [1.82, 2.24) is 10.6 Å². The summed E-state index contributed by atoms with van der Waals surface area (Å²) >= 11 is 1.80. The number of nitrogens with zero attached hydrogens (tertiary/aromatic N) is 2. The predicted octanol–water partition coefficient (Wildman–Crippen LogP) is 4.22. The Morgan fingerprint density at radius 3 is 2.35 bits per heavy atom. The summed E-state index contributed by atoms with van der Waals surface area (Å²) in [4.78, 5) is 15.1. The van der Waals surface area contributed by atoms with E-state index in [0.717, 1.165) is 29.8 Å². The number of hydrogen-bond acceptors (Lipinski definition) is 6. The number of nitro groups is 1. The monoisotopic (exact) mass is 560 g/mol. The van der Waals surface area contributed by atoms with Gasteiger partial charge in [0.25, 0.3) is 5.69 Å². The van der Waals surface area contributed by atoms with E-state index < -0.39 is 4.92 Å². The van der Waals surface area contributed by atoms with Crippen LogP contribution in [0.4, 0.5) is 5.69 Å². The zero-order valence-electron chi connectivity index (χ0n) is 17.9. The van der Waals surface area contributed by atoms with Crippen molar-refractivity contribution in [3.8, 4) is 11.5 Å². The summed E-state index contributed by atoms with van der Waals surface area (Å²) in [6, 6.07) is 12.2. The molecule has 31 heavy (non-hydrogen) atoms. The van der Waals surface area contributed by atoms with Gasteiger partial charge in [0.05, 0.1) is 25.7 Å². The minimum atomic E-state index is -0.402. The van der Waals surface area contributed by atoms with Gasteiger partial charge >= 0.3 is 0 Å². The fourth-order valence-electron chi connectivity index (χ4n) is 2.67. The number of aliphatic imine (C=N–C) groups is 1. The van der Waals surface area contributed by atoms with E-state index in [-0.39, 0.29) is 29.7 Å². The van der Waals surface area contributed by atoms with Crippen LogP contribution in [0, 0.1) is 10.1 Å². The highest BCUT2D eigenvalue weighted by Crippen LogP contribution is 2.27. The van der Waals surface area contributed by atoms with Crippen LogP contribution < -0.4 is 20.1 Å². The van der Waals surface area contributed by atoms with E-state index in [0.29, 0.717) is 30.5 Å². The minimum Gasteiger partial charge on any atom is -0.493 e. The van der Waals surface area contributed by atoms with Crippen LogP contribution >= 0.6 is 35.7 Å². The largest absolute Gasteiger partial charge is 0.493 e. The van der Waals surface area contributed by atoms with E-state index in [1.807, 2.05) is 18.2 Å². The van der Waals surface area contributed by atoms with Gasteiger partial charge in [-0.15, -0.1) is 24.0 Å². The molecule has 2 rings (SSSR count).